The van der Waals surface area contributed by atoms with Crippen molar-refractivity contribution in [3.05, 3.63) is 71.5 Å². The van der Waals surface area contributed by atoms with Crippen LogP contribution in [0.4, 0.5) is 4.39 Å². The summed E-state index contributed by atoms with van der Waals surface area (Å²) in [7, 11) is 0. The van der Waals surface area contributed by atoms with E-state index in [4.69, 9.17) is 4.74 Å². The number of benzene rings is 2. The van der Waals surface area contributed by atoms with Gasteiger partial charge in [0.15, 0.2) is 5.78 Å². The van der Waals surface area contributed by atoms with Gasteiger partial charge in [-0.15, -0.1) is 0 Å². The summed E-state index contributed by atoms with van der Waals surface area (Å²) in [5.41, 5.74) is 1.67. The number of halogens is 1. The Hall–Kier alpha value is -2.04. The molecule has 110 valence electrons. The Kier molecular flexibility index (Phi) is 6.06. The Morgan fingerprint density at radius 1 is 1.05 bits per heavy atom. The zero-order valence-corrected chi connectivity index (χ0v) is 11.7. The molecule has 21 heavy (non-hydrogen) atoms. The highest BCUT2D eigenvalue weighted by Crippen LogP contribution is 2.03. The van der Waals surface area contributed by atoms with Crippen LogP contribution in [0.1, 0.15) is 15.9 Å². The third kappa shape index (κ3) is 5.45. The fraction of sp³-hybridized carbons (Fsp3) is 0.235. The number of ketones is 1. The molecule has 0 aliphatic carbocycles. The standard InChI is InChI=1S/C17H18FNO2/c18-16-8-6-15(7-9-16)17(20)13-21-11-10-19-12-14-4-2-1-3-5-14/h1-9,19H,10-13H2. The van der Waals surface area contributed by atoms with Gasteiger partial charge in [0.05, 0.1) is 6.61 Å². The first-order valence-electron chi connectivity index (χ1n) is 6.87. The van der Waals surface area contributed by atoms with Crippen molar-refractivity contribution < 1.29 is 13.9 Å². The zero-order valence-electron chi connectivity index (χ0n) is 11.7. The summed E-state index contributed by atoms with van der Waals surface area (Å²) in [6.45, 7) is 1.92. The number of ether oxygens (including phenoxy) is 1. The van der Waals surface area contributed by atoms with Gasteiger partial charge in [-0.1, -0.05) is 30.3 Å². The zero-order chi connectivity index (χ0) is 14.9. The molecule has 0 saturated heterocycles. The lowest BCUT2D eigenvalue weighted by atomic mass is 10.1. The summed E-state index contributed by atoms with van der Waals surface area (Å²) in [5, 5.41) is 3.24. The minimum Gasteiger partial charge on any atom is -0.372 e. The van der Waals surface area contributed by atoms with Crippen molar-refractivity contribution >= 4 is 5.78 Å². The molecule has 2 aromatic rings. The average molecular weight is 287 g/mol. The number of hydrogen-bond donors (Lipinski definition) is 1. The molecule has 0 fully saturated rings. The van der Waals surface area contributed by atoms with Gasteiger partial charge in [0, 0.05) is 18.7 Å². The molecule has 2 rings (SSSR count). The van der Waals surface area contributed by atoms with E-state index in [0.717, 1.165) is 6.54 Å². The van der Waals surface area contributed by atoms with Crippen LogP contribution in [0.5, 0.6) is 0 Å². The maximum atomic E-state index is 12.7. The van der Waals surface area contributed by atoms with Crippen LogP contribution in [-0.2, 0) is 11.3 Å². The quantitative estimate of drug-likeness (QED) is 0.599. The van der Waals surface area contributed by atoms with Crippen LogP contribution in [0.3, 0.4) is 0 Å². The maximum Gasteiger partial charge on any atom is 0.188 e. The van der Waals surface area contributed by atoms with Gasteiger partial charge >= 0.3 is 0 Å². The summed E-state index contributed by atoms with van der Waals surface area (Å²) >= 11 is 0. The minimum atomic E-state index is -0.349. The number of rotatable bonds is 8. The first-order valence-corrected chi connectivity index (χ1v) is 6.87. The van der Waals surface area contributed by atoms with Crippen molar-refractivity contribution in [1.29, 1.82) is 0 Å². The van der Waals surface area contributed by atoms with Crippen LogP contribution in [0.2, 0.25) is 0 Å². The summed E-state index contributed by atoms with van der Waals surface area (Å²) in [4.78, 5) is 11.7. The van der Waals surface area contributed by atoms with Crippen molar-refractivity contribution in [1.82, 2.24) is 5.32 Å². The average Bonchev–Trinajstić information content (AvgIpc) is 2.52. The smallest absolute Gasteiger partial charge is 0.188 e. The van der Waals surface area contributed by atoms with Crippen LogP contribution in [0.15, 0.2) is 54.6 Å². The van der Waals surface area contributed by atoms with Crippen LogP contribution in [0, 0.1) is 5.82 Å². The van der Waals surface area contributed by atoms with E-state index in [0.29, 0.717) is 18.7 Å². The Bertz CT molecular complexity index is 555. The van der Waals surface area contributed by atoms with E-state index in [1.54, 1.807) is 0 Å². The maximum absolute atomic E-state index is 12.7. The molecule has 0 aliphatic rings. The molecule has 0 spiro atoms. The molecule has 1 N–H and O–H groups in total. The fourth-order valence-electron chi connectivity index (χ4n) is 1.86. The van der Waals surface area contributed by atoms with E-state index in [9.17, 15) is 9.18 Å². The first kappa shape index (κ1) is 15.4. The third-order valence-electron chi connectivity index (χ3n) is 2.99. The van der Waals surface area contributed by atoms with Crippen LogP contribution >= 0.6 is 0 Å². The lowest BCUT2D eigenvalue weighted by molar-refractivity contribution is 0.0764. The van der Waals surface area contributed by atoms with E-state index in [1.165, 1.54) is 29.8 Å². The largest absolute Gasteiger partial charge is 0.372 e. The van der Waals surface area contributed by atoms with Crippen molar-refractivity contribution in [2.24, 2.45) is 0 Å². The monoisotopic (exact) mass is 287 g/mol. The summed E-state index contributed by atoms with van der Waals surface area (Å²) in [6.07, 6.45) is 0. The van der Waals surface area contributed by atoms with Crippen molar-refractivity contribution in [3.8, 4) is 0 Å². The van der Waals surface area contributed by atoms with Gasteiger partial charge < -0.3 is 10.1 Å². The lowest BCUT2D eigenvalue weighted by Gasteiger charge is -2.06. The van der Waals surface area contributed by atoms with Crippen molar-refractivity contribution in [3.63, 3.8) is 0 Å². The highest BCUT2D eigenvalue weighted by atomic mass is 19.1. The molecule has 0 aliphatic heterocycles. The van der Waals surface area contributed by atoms with Gasteiger partial charge in [-0.2, -0.15) is 0 Å². The Balaban J connectivity index is 1.59. The molecule has 4 heteroatoms. The number of nitrogens with one attached hydrogen (secondary N) is 1. The molecular weight excluding hydrogens is 269 g/mol. The molecule has 2 aromatic carbocycles. The summed E-state index contributed by atoms with van der Waals surface area (Å²) in [6, 6.07) is 15.5. The molecule has 0 radical (unpaired) electrons. The second-order valence-corrected chi connectivity index (χ2v) is 4.65. The number of carbonyl (C=O) groups is 1. The summed E-state index contributed by atoms with van der Waals surface area (Å²) in [5.74, 6) is -0.490. The molecular formula is C17H18FNO2. The van der Waals surface area contributed by atoms with Gasteiger partial charge in [0.1, 0.15) is 12.4 Å². The Morgan fingerprint density at radius 3 is 2.48 bits per heavy atom. The van der Waals surface area contributed by atoms with Gasteiger partial charge in [0.2, 0.25) is 0 Å². The third-order valence-corrected chi connectivity index (χ3v) is 2.99. The predicted molar refractivity (Wildman–Crippen MR) is 79.7 cm³/mol. The topological polar surface area (TPSA) is 38.3 Å². The van der Waals surface area contributed by atoms with Crippen molar-refractivity contribution in [2.45, 2.75) is 6.54 Å². The van der Waals surface area contributed by atoms with E-state index < -0.39 is 0 Å². The summed E-state index contributed by atoms with van der Waals surface area (Å²) < 4.78 is 18.0. The molecule has 0 bridgehead atoms. The van der Waals surface area contributed by atoms with Gasteiger partial charge in [-0.3, -0.25) is 4.79 Å². The normalized spacial score (nSPS) is 10.5. The predicted octanol–water partition coefficient (Wildman–Crippen LogP) is 2.81. The second-order valence-electron chi connectivity index (χ2n) is 4.65. The van der Waals surface area contributed by atoms with E-state index >= 15 is 0 Å². The Labute approximate surface area is 123 Å². The van der Waals surface area contributed by atoms with E-state index in [-0.39, 0.29) is 18.2 Å². The van der Waals surface area contributed by atoms with Crippen LogP contribution in [-0.4, -0.2) is 25.5 Å². The molecule has 0 amide bonds. The van der Waals surface area contributed by atoms with E-state index in [2.05, 4.69) is 5.32 Å². The fourth-order valence-corrected chi connectivity index (χ4v) is 1.86. The lowest BCUT2D eigenvalue weighted by Crippen LogP contribution is -2.21. The molecule has 0 heterocycles. The number of carbonyl (C=O) groups excluding carboxylic acids is 1. The molecule has 0 unspecified atom stereocenters. The molecule has 3 nitrogen and oxygen atoms in total. The van der Waals surface area contributed by atoms with Crippen LogP contribution in [0.25, 0.3) is 0 Å². The molecule has 0 saturated carbocycles. The molecule has 0 aromatic heterocycles. The first-order chi connectivity index (χ1) is 10.3. The highest BCUT2D eigenvalue weighted by Gasteiger charge is 2.05. The number of hydrogen-bond acceptors (Lipinski definition) is 3. The van der Waals surface area contributed by atoms with Gasteiger partial charge in [0.25, 0.3) is 0 Å². The highest BCUT2D eigenvalue weighted by molar-refractivity contribution is 5.97. The van der Waals surface area contributed by atoms with E-state index in [1.807, 2.05) is 30.3 Å². The van der Waals surface area contributed by atoms with Gasteiger partial charge in [-0.05, 0) is 29.8 Å². The second kappa shape index (κ2) is 8.29. The minimum absolute atomic E-state index is 0.0125. The molecule has 0 atom stereocenters. The van der Waals surface area contributed by atoms with Crippen molar-refractivity contribution in [2.75, 3.05) is 19.8 Å². The SMILES string of the molecule is O=C(COCCNCc1ccccc1)c1ccc(F)cc1. The Morgan fingerprint density at radius 2 is 1.76 bits per heavy atom. The van der Waals surface area contributed by atoms with Gasteiger partial charge in [-0.25, -0.2) is 4.39 Å². The number of Topliss-reactive ketones (excluding diaryl/α,β-unsaturated/α-hetero) is 1. The van der Waals surface area contributed by atoms with Crippen LogP contribution < -0.4 is 5.32 Å².